The Hall–Kier alpha value is -3.57. The molecule has 1 saturated heterocycles. The van der Waals surface area contributed by atoms with E-state index in [1.165, 1.54) is 18.3 Å². The predicted molar refractivity (Wildman–Crippen MR) is 135 cm³/mol. The second-order valence-corrected chi connectivity index (χ2v) is 9.42. The van der Waals surface area contributed by atoms with Crippen LogP contribution in [0.2, 0.25) is 5.02 Å². The lowest BCUT2D eigenvalue weighted by Crippen LogP contribution is -2.38. The summed E-state index contributed by atoms with van der Waals surface area (Å²) in [6, 6.07) is 9.05. The zero-order valence-corrected chi connectivity index (χ0v) is 21.2. The van der Waals surface area contributed by atoms with Gasteiger partial charge in [-0.1, -0.05) is 17.7 Å². The minimum absolute atomic E-state index is 0.132. The molecule has 2 aromatic carbocycles. The number of aliphatic carboxylic acids is 1. The number of anilines is 1. The van der Waals surface area contributed by atoms with Gasteiger partial charge in [-0.25, -0.2) is 0 Å². The van der Waals surface area contributed by atoms with Gasteiger partial charge in [0.15, 0.2) is 0 Å². The van der Waals surface area contributed by atoms with E-state index in [4.69, 9.17) is 21.4 Å². The van der Waals surface area contributed by atoms with Gasteiger partial charge >= 0.3 is 12.1 Å². The number of hydrogen-bond acceptors (Lipinski definition) is 5. The number of rotatable bonds is 8. The Morgan fingerprint density at radius 1 is 1.18 bits per heavy atom. The van der Waals surface area contributed by atoms with Crippen molar-refractivity contribution in [2.24, 2.45) is 13.0 Å². The minimum atomic E-state index is -4.56. The molecule has 12 heteroatoms. The Morgan fingerprint density at radius 3 is 2.55 bits per heavy atom. The van der Waals surface area contributed by atoms with Gasteiger partial charge in [0.05, 0.1) is 28.4 Å². The maximum Gasteiger partial charge on any atom is 0.416 e. The first-order valence-electron chi connectivity index (χ1n) is 11.9. The second-order valence-electron chi connectivity index (χ2n) is 9.01. The molecular weight excluding hydrogens is 525 g/mol. The zero-order chi connectivity index (χ0) is 27.4. The van der Waals surface area contributed by atoms with E-state index in [-0.39, 0.29) is 11.5 Å². The monoisotopic (exact) mass is 550 g/mol. The van der Waals surface area contributed by atoms with Gasteiger partial charge in [-0.3, -0.25) is 19.2 Å². The summed E-state index contributed by atoms with van der Waals surface area (Å²) < 4.78 is 46.8. The first kappa shape index (κ1) is 27.5. The first-order chi connectivity index (χ1) is 18.0. The highest BCUT2D eigenvalue weighted by molar-refractivity contribution is 6.33. The van der Waals surface area contributed by atoms with E-state index in [0.29, 0.717) is 66.8 Å². The minimum Gasteiger partial charge on any atom is -0.492 e. The van der Waals surface area contributed by atoms with E-state index in [1.807, 2.05) is 0 Å². The molecule has 1 amide bonds. The first-order valence-corrected chi connectivity index (χ1v) is 12.3. The molecule has 0 spiro atoms. The molecule has 4 rings (SSSR count). The third kappa shape index (κ3) is 6.46. The highest BCUT2D eigenvalue weighted by atomic mass is 35.5. The lowest BCUT2D eigenvalue weighted by molar-refractivity contribution is -0.143. The third-order valence-corrected chi connectivity index (χ3v) is 6.72. The van der Waals surface area contributed by atoms with Crippen LogP contribution >= 0.6 is 11.6 Å². The molecule has 202 valence electrons. The fourth-order valence-corrected chi connectivity index (χ4v) is 4.63. The number of aryl methyl sites for hydroxylation is 1. The SMILES string of the molecule is Cn1ncc(Cl)c1-c1cc(NC(=O)c2cccc(C(F)(F)F)c2)ccc1OCCN1CCC(C(=O)O)CC1. The van der Waals surface area contributed by atoms with Gasteiger partial charge in [0.2, 0.25) is 0 Å². The highest BCUT2D eigenvalue weighted by Crippen LogP contribution is 2.37. The molecule has 0 aliphatic carbocycles. The van der Waals surface area contributed by atoms with Gasteiger partial charge in [-0.05, 0) is 62.3 Å². The third-order valence-electron chi connectivity index (χ3n) is 6.44. The smallest absolute Gasteiger partial charge is 0.416 e. The highest BCUT2D eigenvalue weighted by Gasteiger charge is 2.31. The van der Waals surface area contributed by atoms with E-state index in [0.717, 1.165) is 12.1 Å². The molecule has 2 heterocycles. The van der Waals surface area contributed by atoms with Crippen LogP contribution in [0.15, 0.2) is 48.7 Å². The molecule has 1 fully saturated rings. The maximum absolute atomic E-state index is 13.1. The molecule has 3 aromatic rings. The second kappa shape index (κ2) is 11.4. The zero-order valence-electron chi connectivity index (χ0n) is 20.5. The number of ether oxygens (including phenoxy) is 1. The molecule has 1 aliphatic heterocycles. The molecule has 0 unspecified atom stereocenters. The predicted octanol–water partition coefficient (Wildman–Crippen LogP) is 5.19. The van der Waals surface area contributed by atoms with E-state index in [1.54, 1.807) is 29.9 Å². The number of carbonyl (C=O) groups excluding carboxylic acids is 1. The van der Waals surface area contributed by atoms with Crippen molar-refractivity contribution in [3.63, 3.8) is 0 Å². The summed E-state index contributed by atoms with van der Waals surface area (Å²) in [6.07, 6.45) is -1.91. The van der Waals surface area contributed by atoms with E-state index in [9.17, 15) is 22.8 Å². The van der Waals surface area contributed by atoms with Crippen molar-refractivity contribution < 1.29 is 32.6 Å². The standard InChI is InChI=1S/C26H26ClF3N4O4/c1-33-23(21(27)15-31-33)20-14-19(32-24(35)17-3-2-4-18(13-17)26(28,29)30)5-6-22(20)38-12-11-34-9-7-16(8-10-34)25(36)37/h2-6,13-16H,7-12H2,1H3,(H,32,35)(H,36,37). The Balaban J connectivity index is 1.50. The average molecular weight is 551 g/mol. The lowest BCUT2D eigenvalue weighted by atomic mass is 9.97. The van der Waals surface area contributed by atoms with Crippen LogP contribution in [0.4, 0.5) is 18.9 Å². The number of likely N-dealkylation sites (tertiary alicyclic amines) is 1. The molecule has 38 heavy (non-hydrogen) atoms. The van der Waals surface area contributed by atoms with Crippen LogP contribution in [0.1, 0.15) is 28.8 Å². The molecule has 2 N–H and O–H groups in total. The number of hydrogen-bond donors (Lipinski definition) is 2. The summed E-state index contributed by atoms with van der Waals surface area (Å²) >= 11 is 6.37. The number of piperidine rings is 1. The average Bonchev–Trinajstić information content (AvgIpc) is 3.22. The molecule has 0 atom stereocenters. The largest absolute Gasteiger partial charge is 0.492 e. The van der Waals surface area contributed by atoms with Crippen LogP contribution in [-0.2, 0) is 18.0 Å². The van der Waals surface area contributed by atoms with Crippen molar-refractivity contribution >= 4 is 29.2 Å². The van der Waals surface area contributed by atoms with Gasteiger partial charge < -0.3 is 15.2 Å². The Kier molecular flexibility index (Phi) is 8.27. The number of carboxylic acids is 1. The van der Waals surface area contributed by atoms with Crippen molar-refractivity contribution in [3.8, 4) is 17.0 Å². The van der Waals surface area contributed by atoms with E-state index in [2.05, 4.69) is 15.3 Å². The number of nitrogens with zero attached hydrogens (tertiary/aromatic N) is 3. The number of amides is 1. The molecule has 0 radical (unpaired) electrons. The van der Waals surface area contributed by atoms with Crippen LogP contribution in [0.5, 0.6) is 5.75 Å². The summed E-state index contributed by atoms with van der Waals surface area (Å²) in [5.41, 5.74) is 0.374. The van der Waals surface area contributed by atoms with E-state index >= 15 is 0 Å². The van der Waals surface area contributed by atoms with Crippen LogP contribution in [0, 0.1) is 5.92 Å². The van der Waals surface area contributed by atoms with Crippen molar-refractivity contribution in [1.29, 1.82) is 0 Å². The van der Waals surface area contributed by atoms with Gasteiger partial charge in [0, 0.05) is 30.4 Å². The maximum atomic E-state index is 13.1. The Morgan fingerprint density at radius 2 is 1.92 bits per heavy atom. The number of benzene rings is 2. The van der Waals surface area contributed by atoms with Crippen molar-refractivity contribution in [1.82, 2.24) is 14.7 Å². The quantitative estimate of drug-likeness (QED) is 0.401. The molecule has 0 saturated carbocycles. The topological polar surface area (TPSA) is 96.7 Å². The molecular formula is C26H26ClF3N4O4. The summed E-state index contributed by atoms with van der Waals surface area (Å²) in [7, 11) is 1.70. The normalized spacial score (nSPS) is 14.9. The summed E-state index contributed by atoms with van der Waals surface area (Å²) in [4.78, 5) is 26.0. The lowest BCUT2D eigenvalue weighted by Gasteiger charge is -2.29. The summed E-state index contributed by atoms with van der Waals surface area (Å²) in [6.45, 7) is 2.26. The number of nitrogens with one attached hydrogen (secondary N) is 1. The fourth-order valence-electron chi connectivity index (χ4n) is 4.36. The Bertz CT molecular complexity index is 1300. The van der Waals surface area contributed by atoms with Crippen LogP contribution in [0.25, 0.3) is 11.3 Å². The number of aromatic nitrogens is 2. The van der Waals surface area contributed by atoms with Crippen molar-refractivity contribution in [3.05, 3.63) is 64.8 Å². The molecule has 1 aliphatic rings. The number of carbonyl (C=O) groups is 2. The molecule has 8 nitrogen and oxygen atoms in total. The molecule has 0 bridgehead atoms. The number of halogens is 4. The van der Waals surface area contributed by atoms with Gasteiger partial charge in [-0.2, -0.15) is 18.3 Å². The van der Waals surface area contributed by atoms with Gasteiger partial charge in [0.25, 0.3) is 5.91 Å². The summed E-state index contributed by atoms with van der Waals surface area (Å²) in [5, 5.41) is 16.3. The van der Waals surface area contributed by atoms with E-state index < -0.39 is 23.6 Å². The van der Waals surface area contributed by atoms with Crippen molar-refractivity contribution in [2.75, 3.05) is 31.6 Å². The van der Waals surface area contributed by atoms with Gasteiger partial charge in [0.1, 0.15) is 12.4 Å². The van der Waals surface area contributed by atoms with Crippen LogP contribution in [0.3, 0.4) is 0 Å². The summed E-state index contributed by atoms with van der Waals surface area (Å²) in [5.74, 6) is -1.30. The number of alkyl halides is 3. The van der Waals surface area contributed by atoms with Crippen molar-refractivity contribution in [2.45, 2.75) is 19.0 Å². The Labute approximate surface area is 222 Å². The molecule has 1 aromatic heterocycles. The number of carboxylic acid groups (broad SMARTS) is 1. The van der Waals surface area contributed by atoms with Crippen LogP contribution < -0.4 is 10.1 Å². The fraction of sp³-hybridized carbons (Fsp3) is 0.346. The van der Waals surface area contributed by atoms with Gasteiger partial charge in [-0.15, -0.1) is 0 Å². The van der Waals surface area contributed by atoms with Crippen LogP contribution in [-0.4, -0.2) is 57.9 Å².